The Morgan fingerprint density at radius 1 is 1.12 bits per heavy atom. The van der Waals surface area contributed by atoms with Crippen LogP contribution in [0.2, 0.25) is 0 Å². The van der Waals surface area contributed by atoms with Crippen LogP contribution in [0.4, 0.5) is 4.79 Å². The number of imide groups is 1. The van der Waals surface area contributed by atoms with E-state index in [1.165, 1.54) is 11.3 Å². The van der Waals surface area contributed by atoms with E-state index >= 15 is 0 Å². The van der Waals surface area contributed by atoms with Crippen LogP contribution in [0.25, 0.3) is 0 Å². The number of hydrogen-bond acceptors (Lipinski definition) is 5. The van der Waals surface area contributed by atoms with Gasteiger partial charge in [0.15, 0.2) is 5.82 Å². The predicted octanol–water partition coefficient (Wildman–Crippen LogP) is 2.01. The molecule has 1 aromatic heterocycles. The molecule has 2 aliphatic rings. The molecule has 24 heavy (non-hydrogen) atoms. The SMILES string of the molecule is CCCCn1nnnc1CN1C(=O)NC2(CCCCCCC2)C1=O. The molecule has 0 aromatic carbocycles. The molecule has 0 radical (unpaired) electrons. The fraction of sp³-hybridized carbons (Fsp3) is 0.812. The minimum atomic E-state index is -0.709. The highest BCUT2D eigenvalue weighted by Gasteiger charge is 2.50. The van der Waals surface area contributed by atoms with Gasteiger partial charge in [0.1, 0.15) is 5.54 Å². The summed E-state index contributed by atoms with van der Waals surface area (Å²) in [6.45, 7) is 2.94. The molecule has 1 saturated heterocycles. The average molecular weight is 334 g/mol. The van der Waals surface area contributed by atoms with Gasteiger partial charge in [0, 0.05) is 6.54 Å². The number of nitrogens with one attached hydrogen (secondary N) is 1. The van der Waals surface area contributed by atoms with E-state index in [0.717, 1.165) is 51.4 Å². The van der Waals surface area contributed by atoms with Crippen LogP contribution in [-0.2, 0) is 17.9 Å². The van der Waals surface area contributed by atoms with Gasteiger partial charge in [-0.3, -0.25) is 9.69 Å². The van der Waals surface area contributed by atoms with Crippen molar-refractivity contribution >= 4 is 11.9 Å². The first-order valence-corrected chi connectivity index (χ1v) is 9.05. The Morgan fingerprint density at radius 2 is 1.83 bits per heavy atom. The van der Waals surface area contributed by atoms with Gasteiger partial charge >= 0.3 is 6.03 Å². The first-order chi connectivity index (χ1) is 11.7. The zero-order valence-corrected chi connectivity index (χ0v) is 14.3. The van der Waals surface area contributed by atoms with Crippen molar-refractivity contribution in [1.29, 1.82) is 0 Å². The fourth-order valence-electron chi connectivity index (χ4n) is 3.63. The van der Waals surface area contributed by atoms with E-state index in [1.807, 2.05) is 0 Å². The Bertz CT molecular complexity index is 591. The largest absolute Gasteiger partial charge is 0.325 e. The van der Waals surface area contributed by atoms with Crippen LogP contribution in [0.5, 0.6) is 0 Å². The summed E-state index contributed by atoms with van der Waals surface area (Å²) in [6.07, 6.45) is 8.88. The molecular weight excluding hydrogens is 308 g/mol. The second-order valence-electron chi connectivity index (χ2n) is 6.84. The first kappa shape index (κ1) is 16.9. The van der Waals surface area contributed by atoms with Gasteiger partial charge in [0.2, 0.25) is 0 Å². The number of aryl methyl sites for hydroxylation is 1. The number of carbonyl (C=O) groups excluding carboxylic acids is 2. The summed E-state index contributed by atoms with van der Waals surface area (Å²) in [6, 6.07) is -0.314. The van der Waals surface area contributed by atoms with Crippen molar-refractivity contribution in [2.75, 3.05) is 0 Å². The van der Waals surface area contributed by atoms with Gasteiger partial charge in [0.05, 0.1) is 6.54 Å². The second-order valence-corrected chi connectivity index (χ2v) is 6.84. The van der Waals surface area contributed by atoms with Crippen molar-refractivity contribution in [2.24, 2.45) is 0 Å². The van der Waals surface area contributed by atoms with Crippen LogP contribution >= 0.6 is 0 Å². The van der Waals surface area contributed by atoms with E-state index in [2.05, 4.69) is 27.8 Å². The molecule has 3 amide bonds. The summed E-state index contributed by atoms with van der Waals surface area (Å²) in [7, 11) is 0. The third kappa shape index (κ3) is 3.27. The molecule has 2 fully saturated rings. The predicted molar refractivity (Wildman–Crippen MR) is 86.9 cm³/mol. The van der Waals surface area contributed by atoms with Gasteiger partial charge in [0.25, 0.3) is 5.91 Å². The Hall–Kier alpha value is -1.99. The molecule has 132 valence electrons. The number of amides is 3. The summed E-state index contributed by atoms with van der Waals surface area (Å²) in [5, 5.41) is 14.6. The van der Waals surface area contributed by atoms with E-state index in [9.17, 15) is 9.59 Å². The van der Waals surface area contributed by atoms with Crippen LogP contribution < -0.4 is 5.32 Å². The number of aromatic nitrogens is 4. The third-order valence-corrected chi connectivity index (χ3v) is 5.08. The molecule has 1 saturated carbocycles. The number of unbranched alkanes of at least 4 members (excludes halogenated alkanes) is 1. The van der Waals surface area contributed by atoms with Crippen molar-refractivity contribution in [3.63, 3.8) is 0 Å². The quantitative estimate of drug-likeness (QED) is 0.831. The molecule has 0 atom stereocenters. The van der Waals surface area contributed by atoms with Crippen LogP contribution in [0.3, 0.4) is 0 Å². The van der Waals surface area contributed by atoms with Crippen molar-refractivity contribution in [3.8, 4) is 0 Å². The molecule has 1 aliphatic heterocycles. The van der Waals surface area contributed by atoms with E-state index in [0.29, 0.717) is 12.4 Å². The molecule has 1 aromatic rings. The molecule has 2 heterocycles. The Labute approximate surface area is 142 Å². The second kappa shape index (κ2) is 7.27. The lowest BCUT2D eigenvalue weighted by Gasteiger charge is -2.28. The standard InChI is InChI=1S/C16H26N6O2/c1-2-3-11-22-13(18-19-20-22)12-21-14(23)16(17-15(21)24)9-7-5-4-6-8-10-16/h2-12H2,1H3,(H,17,24). The van der Waals surface area contributed by atoms with Crippen molar-refractivity contribution in [3.05, 3.63) is 5.82 Å². The maximum Gasteiger partial charge on any atom is 0.325 e. The highest BCUT2D eigenvalue weighted by molar-refractivity contribution is 6.06. The lowest BCUT2D eigenvalue weighted by Crippen LogP contribution is -2.47. The molecule has 0 bridgehead atoms. The molecule has 1 spiro atoms. The van der Waals surface area contributed by atoms with Gasteiger partial charge < -0.3 is 5.32 Å². The highest BCUT2D eigenvalue weighted by atomic mass is 16.2. The Balaban J connectivity index is 1.73. The van der Waals surface area contributed by atoms with E-state index in [1.54, 1.807) is 4.68 Å². The number of hydrogen-bond donors (Lipinski definition) is 1. The maximum atomic E-state index is 13.0. The summed E-state index contributed by atoms with van der Waals surface area (Å²) >= 11 is 0. The number of carbonyl (C=O) groups is 2. The molecule has 8 heteroatoms. The van der Waals surface area contributed by atoms with E-state index in [4.69, 9.17) is 0 Å². The molecule has 1 aliphatic carbocycles. The van der Waals surface area contributed by atoms with E-state index < -0.39 is 5.54 Å². The Morgan fingerprint density at radius 3 is 2.54 bits per heavy atom. The normalized spacial score (nSPS) is 21.0. The van der Waals surface area contributed by atoms with Gasteiger partial charge in [-0.2, -0.15) is 0 Å². The highest BCUT2D eigenvalue weighted by Crippen LogP contribution is 2.32. The lowest BCUT2D eigenvalue weighted by atomic mass is 9.84. The zero-order valence-electron chi connectivity index (χ0n) is 14.3. The summed E-state index contributed by atoms with van der Waals surface area (Å²) < 4.78 is 1.69. The summed E-state index contributed by atoms with van der Waals surface area (Å²) in [5.74, 6) is 0.453. The van der Waals surface area contributed by atoms with E-state index in [-0.39, 0.29) is 18.5 Å². The van der Waals surface area contributed by atoms with Crippen molar-refractivity contribution < 1.29 is 9.59 Å². The van der Waals surface area contributed by atoms with Gasteiger partial charge in [-0.15, -0.1) is 5.10 Å². The number of tetrazole rings is 1. The van der Waals surface area contributed by atoms with Crippen molar-refractivity contribution in [2.45, 2.75) is 83.3 Å². The zero-order chi connectivity index (χ0) is 17.0. The van der Waals surface area contributed by atoms with Gasteiger partial charge in [-0.05, 0) is 29.7 Å². The number of nitrogens with zero attached hydrogens (tertiary/aromatic N) is 5. The van der Waals surface area contributed by atoms with Crippen molar-refractivity contribution in [1.82, 2.24) is 30.4 Å². The Kier molecular flexibility index (Phi) is 5.11. The molecular formula is C16H26N6O2. The third-order valence-electron chi connectivity index (χ3n) is 5.08. The van der Waals surface area contributed by atoms with Crippen LogP contribution in [0.1, 0.15) is 70.5 Å². The number of urea groups is 1. The summed E-state index contributed by atoms with van der Waals surface area (Å²) in [5.41, 5.74) is -0.709. The lowest BCUT2D eigenvalue weighted by molar-refractivity contribution is -0.132. The number of rotatable bonds is 5. The average Bonchev–Trinajstić information content (AvgIpc) is 3.08. The van der Waals surface area contributed by atoms with Crippen LogP contribution in [0.15, 0.2) is 0 Å². The van der Waals surface area contributed by atoms with Gasteiger partial charge in [-0.25, -0.2) is 9.48 Å². The molecule has 1 N–H and O–H groups in total. The molecule has 8 nitrogen and oxygen atoms in total. The molecule has 0 unspecified atom stereocenters. The van der Waals surface area contributed by atoms with Crippen LogP contribution in [-0.4, -0.2) is 42.6 Å². The molecule has 3 rings (SSSR count). The fourth-order valence-corrected chi connectivity index (χ4v) is 3.63. The monoisotopic (exact) mass is 334 g/mol. The maximum absolute atomic E-state index is 13.0. The minimum absolute atomic E-state index is 0.112. The topological polar surface area (TPSA) is 93.0 Å². The minimum Gasteiger partial charge on any atom is -0.323 e. The summed E-state index contributed by atoms with van der Waals surface area (Å²) in [4.78, 5) is 26.7. The first-order valence-electron chi connectivity index (χ1n) is 9.05. The van der Waals surface area contributed by atoms with Crippen LogP contribution in [0, 0.1) is 0 Å². The smallest absolute Gasteiger partial charge is 0.323 e. The van der Waals surface area contributed by atoms with Gasteiger partial charge in [-0.1, -0.05) is 45.4 Å².